The van der Waals surface area contributed by atoms with Gasteiger partial charge in [0.2, 0.25) is 0 Å². The van der Waals surface area contributed by atoms with Crippen molar-refractivity contribution in [3.05, 3.63) is 77.2 Å². The third kappa shape index (κ3) is 3.44. The molecule has 1 atom stereocenters. The summed E-state index contributed by atoms with van der Waals surface area (Å²) >= 11 is 6.01. The lowest BCUT2D eigenvalue weighted by molar-refractivity contribution is 0.0975. The summed E-state index contributed by atoms with van der Waals surface area (Å²) < 4.78 is 5.15. The predicted molar refractivity (Wildman–Crippen MR) is 96.2 cm³/mol. The fraction of sp³-hybridized carbons (Fsp3) is 0.105. The highest BCUT2D eigenvalue weighted by Gasteiger charge is 2.14. The molecular weight excluding hydrogens is 324 g/mol. The Morgan fingerprint density at radius 2 is 1.92 bits per heavy atom. The number of primary amides is 1. The summed E-state index contributed by atoms with van der Waals surface area (Å²) in [6.45, 7) is 2.07. The van der Waals surface area contributed by atoms with Gasteiger partial charge in [-0.25, -0.2) is 0 Å². The molecule has 1 aromatic heterocycles. The Bertz CT molecular complexity index is 856. The highest BCUT2D eigenvalue weighted by atomic mass is 35.5. The Kier molecular flexibility index (Phi) is 4.58. The minimum absolute atomic E-state index is 0.109. The van der Waals surface area contributed by atoms with Crippen LogP contribution in [-0.4, -0.2) is 5.91 Å². The first-order valence-electron chi connectivity index (χ1n) is 7.54. The summed E-state index contributed by atoms with van der Waals surface area (Å²) in [4.78, 5) is 11.4. The molecule has 0 aliphatic carbocycles. The fourth-order valence-electron chi connectivity index (χ4n) is 2.59. The van der Waals surface area contributed by atoms with Crippen LogP contribution in [0.5, 0.6) is 0 Å². The SMILES string of the molecule is CC(Nc1cccc(Cl)c1)c1ccc(-c2ccoc2C(N)=O)cc1. The Hall–Kier alpha value is -2.72. The third-order valence-corrected chi connectivity index (χ3v) is 4.05. The predicted octanol–water partition coefficient (Wildman–Crippen LogP) is 4.87. The van der Waals surface area contributed by atoms with Crippen molar-refractivity contribution in [1.82, 2.24) is 0 Å². The van der Waals surface area contributed by atoms with Crippen LogP contribution in [0.1, 0.15) is 29.1 Å². The number of rotatable bonds is 5. The maximum atomic E-state index is 11.4. The van der Waals surface area contributed by atoms with Crippen molar-refractivity contribution in [2.24, 2.45) is 5.73 Å². The molecule has 3 N–H and O–H groups in total. The molecule has 0 saturated heterocycles. The van der Waals surface area contributed by atoms with E-state index >= 15 is 0 Å². The van der Waals surface area contributed by atoms with Crippen LogP contribution in [0.25, 0.3) is 11.1 Å². The van der Waals surface area contributed by atoms with Gasteiger partial charge in [0.15, 0.2) is 5.76 Å². The average molecular weight is 341 g/mol. The molecule has 0 aliphatic heterocycles. The minimum atomic E-state index is -0.574. The van der Waals surface area contributed by atoms with E-state index in [0.717, 1.165) is 16.8 Å². The molecule has 0 radical (unpaired) electrons. The van der Waals surface area contributed by atoms with Crippen LogP contribution in [0.3, 0.4) is 0 Å². The Labute approximate surface area is 145 Å². The second-order valence-corrected chi connectivity index (χ2v) is 5.96. The molecular formula is C19H17ClN2O2. The second-order valence-electron chi connectivity index (χ2n) is 5.53. The molecule has 0 aliphatic rings. The maximum Gasteiger partial charge on any atom is 0.285 e. The third-order valence-electron chi connectivity index (χ3n) is 3.82. The molecule has 5 heteroatoms. The van der Waals surface area contributed by atoms with E-state index in [1.807, 2.05) is 48.5 Å². The van der Waals surface area contributed by atoms with Crippen LogP contribution in [0.15, 0.2) is 65.3 Å². The topological polar surface area (TPSA) is 68.3 Å². The molecule has 0 bridgehead atoms. The zero-order valence-corrected chi connectivity index (χ0v) is 13.9. The van der Waals surface area contributed by atoms with Crippen LogP contribution < -0.4 is 11.1 Å². The molecule has 24 heavy (non-hydrogen) atoms. The summed E-state index contributed by atoms with van der Waals surface area (Å²) in [5, 5.41) is 4.10. The highest BCUT2D eigenvalue weighted by Crippen LogP contribution is 2.27. The van der Waals surface area contributed by atoms with E-state index in [-0.39, 0.29) is 11.8 Å². The summed E-state index contributed by atoms with van der Waals surface area (Å²) in [6.07, 6.45) is 1.46. The number of nitrogens with one attached hydrogen (secondary N) is 1. The molecule has 3 aromatic rings. The number of nitrogens with two attached hydrogens (primary N) is 1. The summed E-state index contributed by atoms with van der Waals surface area (Å²) in [5.74, 6) is -0.400. The number of hydrogen-bond acceptors (Lipinski definition) is 3. The number of hydrogen-bond donors (Lipinski definition) is 2. The van der Waals surface area contributed by atoms with Crippen molar-refractivity contribution in [2.45, 2.75) is 13.0 Å². The van der Waals surface area contributed by atoms with E-state index in [0.29, 0.717) is 10.6 Å². The molecule has 1 heterocycles. The van der Waals surface area contributed by atoms with Gasteiger partial charge in [-0.2, -0.15) is 0 Å². The quantitative estimate of drug-likeness (QED) is 0.696. The fourth-order valence-corrected chi connectivity index (χ4v) is 2.78. The summed E-state index contributed by atoms with van der Waals surface area (Å²) in [7, 11) is 0. The van der Waals surface area contributed by atoms with E-state index in [4.69, 9.17) is 21.8 Å². The average Bonchev–Trinajstić information content (AvgIpc) is 3.05. The van der Waals surface area contributed by atoms with E-state index in [1.54, 1.807) is 6.07 Å². The van der Waals surface area contributed by atoms with Gasteiger partial charge in [-0.05, 0) is 42.3 Å². The Morgan fingerprint density at radius 1 is 1.17 bits per heavy atom. The zero-order chi connectivity index (χ0) is 17.1. The van der Waals surface area contributed by atoms with Crippen molar-refractivity contribution < 1.29 is 9.21 Å². The number of anilines is 1. The molecule has 1 amide bonds. The van der Waals surface area contributed by atoms with Crippen molar-refractivity contribution in [3.63, 3.8) is 0 Å². The van der Waals surface area contributed by atoms with Gasteiger partial charge in [-0.15, -0.1) is 0 Å². The zero-order valence-electron chi connectivity index (χ0n) is 13.1. The number of carbonyl (C=O) groups is 1. The van der Waals surface area contributed by atoms with Crippen LogP contribution in [0.2, 0.25) is 5.02 Å². The van der Waals surface area contributed by atoms with Gasteiger partial charge in [0.1, 0.15) is 0 Å². The van der Waals surface area contributed by atoms with Gasteiger partial charge in [-0.1, -0.05) is 41.9 Å². The first kappa shape index (κ1) is 16.1. The lowest BCUT2D eigenvalue weighted by atomic mass is 10.0. The number of amides is 1. The van der Waals surface area contributed by atoms with Crippen molar-refractivity contribution in [3.8, 4) is 11.1 Å². The molecule has 122 valence electrons. The van der Waals surface area contributed by atoms with E-state index in [2.05, 4.69) is 12.2 Å². The van der Waals surface area contributed by atoms with Crippen molar-refractivity contribution in [2.75, 3.05) is 5.32 Å². The highest BCUT2D eigenvalue weighted by molar-refractivity contribution is 6.30. The van der Waals surface area contributed by atoms with Crippen molar-refractivity contribution in [1.29, 1.82) is 0 Å². The molecule has 4 nitrogen and oxygen atoms in total. The van der Waals surface area contributed by atoms with E-state index in [9.17, 15) is 4.79 Å². The number of carbonyl (C=O) groups excluding carboxylic acids is 1. The van der Waals surface area contributed by atoms with Crippen LogP contribution in [0.4, 0.5) is 5.69 Å². The number of halogens is 1. The molecule has 1 unspecified atom stereocenters. The van der Waals surface area contributed by atoms with Gasteiger partial charge in [0, 0.05) is 22.3 Å². The lowest BCUT2D eigenvalue weighted by Crippen LogP contribution is -2.10. The molecule has 0 spiro atoms. The largest absolute Gasteiger partial charge is 0.459 e. The van der Waals surface area contributed by atoms with Crippen LogP contribution >= 0.6 is 11.6 Å². The minimum Gasteiger partial charge on any atom is -0.459 e. The standard InChI is InChI=1S/C19H17ClN2O2/c1-12(22-16-4-2-3-15(20)11-16)13-5-7-14(8-6-13)17-9-10-24-18(17)19(21)23/h2-12,22H,1H3,(H2,21,23). The molecule has 2 aromatic carbocycles. The van der Waals surface area contributed by atoms with Gasteiger partial charge >= 0.3 is 0 Å². The summed E-state index contributed by atoms with van der Waals surface area (Å²) in [6, 6.07) is 17.4. The first-order valence-corrected chi connectivity index (χ1v) is 7.92. The van der Waals surface area contributed by atoms with Gasteiger partial charge in [0.25, 0.3) is 5.91 Å². The van der Waals surface area contributed by atoms with Crippen LogP contribution in [-0.2, 0) is 0 Å². The number of furan rings is 1. The monoisotopic (exact) mass is 340 g/mol. The number of benzene rings is 2. The lowest BCUT2D eigenvalue weighted by Gasteiger charge is -2.16. The second kappa shape index (κ2) is 6.81. The van der Waals surface area contributed by atoms with Gasteiger partial charge in [-0.3, -0.25) is 4.79 Å². The van der Waals surface area contributed by atoms with Gasteiger partial charge < -0.3 is 15.5 Å². The molecule has 3 rings (SSSR count). The smallest absolute Gasteiger partial charge is 0.285 e. The Balaban J connectivity index is 1.79. The van der Waals surface area contributed by atoms with Gasteiger partial charge in [0.05, 0.1) is 6.26 Å². The first-order chi connectivity index (χ1) is 11.5. The van der Waals surface area contributed by atoms with Crippen molar-refractivity contribution >= 4 is 23.2 Å². The molecule has 0 fully saturated rings. The van der Waals surface area contributed by atoms with E-state index in [1.165, 1.54) is 6.26 Å². The normalized spacial score (nSPS) is 11.9. The Morgan fingerprint density at radius 3 is 2.58 bits per heavy atom. The van der Waals surface area contributed by atoms with E-state index < -0.39 is 5.91 Å². The summed E-state index contributed by atoms with van der Waals surface area (Å²) in [5.41, 5.74) is 8.98. The molecule has 0 saturated carbocycles. The van der Waals surface area contributed by atoms with Crippen LogP contribution in [0, 0.1) is 0 Å². The maximum absolute atomic E-state index is 11.4.